The Morgan fingerprint density at radius 1 is 1.00 bits per heavy atom. The van der Waals surface area contributed by atoms with Gasteiger partial charge in [0.05, 0.1) is 11.6 Å². The molecule has 20 heavy (non-hydrogen) atoms. The lowest BCUT2D eigenvalue weighted by molar-refractivity contribution is 0.0363. The zero-order valence-corrected chi connectivity index (χ0v) is 11.3. The fraction of sp³-hybridized carbons (Fsp3) is 0.235. The van der Waals surface area contributed by atoms with E-state index in [1.165, 1.54) is 5.56 Å². The van der Waals surface area contributed by atoms with E-state index in [1.807, 2.05) is 42.5 Å². The molecule has 1 aliphatic heterocycles. The summed E-state index contributed by atoms with van der Waals surface area (Å²) in [4.78, 5) is 0. The van der Waals surface area contributed by atoms with Gasteiger partial charge in [-0.1, -0.05) is 42.5 Å². The molecule has 0 saturated carbocycles. The standard InChI is InChI=1S/C17H16N2O/c1-12-16(14-5-3-2-4-6-14)20-17(19-12)15-9-7-13(11-18)8-10-15/h2-10,12,16-17,19H,1H3. The van der Waals surface area contributed by atoms with Gasteiger partial charge in [-0.25, -0.2) is 0 Å². The third kappa shape index (κ3) is 2.44. The summed E-state index contributed by atoms with van der Waals surface area (Å²) in [5.41, 5.74) is 2.90. The van der Waals surface area contributed by atoms with Crippen LogP contribution in [0.1, 0.15) is 35.9 Å². The highest BCUT2D eigenvalue weighted by Crippen LogP contribution is 2.34. The lowest BCUT2D eigenvalue weighted by atomic mass is 10.0. The molecule has 1 aliphatic rings. The summed E-state index contributed by atoms with van der Waals surface area (Å²) in [5.74, 6) is 0. The summed E-state index contributed by atoms with van der Waals surface area (Å²) in [6.07, 6.45) is -0.0696. The third-order valence-electron chi connectivity index (χ3n) is 3.62. The molecule has 1 saturated heterocycles. The number of nitriles is 1. The number of nitrogens with zero attached hydrogens (tertiary/aromatic N) is 1. The minimum Gasteiger partial charge on any atom is -0.350 e. The topological polar surface area (TPSA) is 45.0 Å². The van der Waals surface area contributed by atoms with Crippen molar-refractivity contribution in [2.24, 2.45) is 0 Å². The Hall–Kier alpha value is -2.15. The highest BCUT2D eigenvalue weighted by molar-refractivity contribution is 5.33. The maximum Gasteiger partial charge on any atom is 0.135 e. The molecule has 2 aromatic carbocycles. The van der Waals surface area contributed by atoms with Crippen LogP contribution in [0.3, 0.4) is 0 Å². The van der Waals surface area contributed by atoms with Crippen molar-refractivity contribution >= 4 is 0 Å². The van der Waals surface area contributed by atoms with Crippen molar-refractivity contribution in [2.75, 3.05) is 0 Å². The fourth-order valence-corrected chi connectivity index (χ4v) is 2.55. The van der Waals surface area contributed by atoms with E-state index < -0.39 is 0 Å². The van der Waals surface area contributed by atoms with Gasteiger partial charge in [0.15, 0.2) is 0 Å². The molecule has 1 N–H and O–H groups in total. The normalized spacial score (nSPS) is 25.3. The Kier molecular flexibility index (Phi) is 3.51. The first-order valence-electron chi connectivity index (χ1n) is 6.74. The molecular formula is C17H16N2O. The van der Waals surface area contributed by atoms with Crippen LogP contribution in [0, 0.1) is 11.3 Å². The average Bonchev–Trinajstić information content (AvgIpc) is 2.90. The molecule has 2 aromatic rings. The number of hydrogen-bond donors (Lipinski definition) is 1. The van der Waals surface area contributed by atoms with Crippen LogP contribution in [0.15, 0.2) is 54.6 Å². The van der Waals surface area contributed by atoms with E-state index in [2.05, 4.69) is 30.4 Å². The summed E-state index contributed by atoms with van der Waals surface area (Å²) in [5, 5.41) is 12.3. The monoisotopic (exact) mass is 264 g/mol. The van der Waals surface area contributed by atoms with E-state index in [9.17, 15) is 0 Å². The zero-order chi connectivity index (χ0) is 13.9. The highest BCUT2D eigenvalue weighted by atomic mass is 16.5. The van der Waals surface area contributed by atoms with Crippen LogP contribution in [-0.4, -0.2) is 6.04 Å². The Morgan fingerprint density at radius 3 is 2.35 bits per heavy atom. The van der Waals surface area contributed by atoms with Crippen molar-refractivity contribution in [1.82, 2.24) is 5.32 Å². The van der Waals surface area contributed by atoms with Crippen LogP contribution in [0.25, 0.3) is 0 Å². The largest absolute Gasteiger partial charge is 0.350 e. The first kappa shape index (κ1) is 12.9. The number of rotatable bonds is 2. The molecule has 3 heteroatoms. The van der Waals surface area contributed by atoms with E-state index in [0.29, 0.717) is 5.56 Å². The maximum atomic E-state index is 8.83. The second-order valence-corrected chi connectivity index (χ2v) is 5.04. The highest BCUT2D eigenvalue weighted by Gasteiger charge is 2.33. The van der Waals surface area contributed by atoms with Gasteiger partial charge in [0.25, 0.3) is 0 Å². The molecule has 3 nitrogen and oxygen atoms in total. The van der Waals surface area contributed by atoms with Crippen LogP contribution >= 0.6 is 0 Å². The van der Waals surface area contributed by atoms with Crippen molar-refractivity contribution < 1.29 is 4.74 Å². The first-order chi connectivity index (χ1) is 9.78. The summed E-state index contributed by atoms with van der Waals surface area (Å²) in [6.45, 7) is 2.13. The van der Waals surface area contributed by atoms with Gasteiger partial charge in [-0.05, 0) is 30.2 Å². The van der Waals surface area contributed by atoms with Crippen molar-refractivity contribution in [2.45, 2.75) is 25.3 Å². The minimum absolute atomic E-state index is 0.0526. The van der Waals surface area contributed by atoms with Gasteiger partial charge in [0, 0.05) is 6.04 Å². The second-order valence-electron chi connectivity index (χ2n) is 5.04. The van der Waals surface area contributed by atoms with E-state index in [-0.39, 0.29) is 18.4 Å². The molecule has 3 atom stereocenters. The van der Waals surface area contributed by atoms with Crippen molar-refractivity contribution in [1.29, 1.82) is 5.26 Å². The molecule has 0 aliphatic carbocycles. The molecule has 100 valence electrons. The van der Waals surface area contributed by atoms with Crippen molar-refractivity contribution in [3.8, 4) is 6.07 Å². The fourth-order valence-electron chi connectivity index (χ4n) is 2.55. The summed E-state index contributed by atoms with van der Waals surface area (Å²) < 4.78 is 6.13. The predicted octanol–water partition coefficient (Wildman–Crippen LogP) is 3.31. The molecule has 0 aromatic heterocycles. The van der Waals surface area contributed by atoms with Crippen LogP contribution < -0.4 is 5.32 Å². The Bertz CT molecular complexity index is 616. The number of hydrogen-bond acceptors (Lipinski definition) is 3. The van der Waals surface area contributed by atoms with Gasteiger partial charge in [0.1, 0.15) is 12.3 Å². The Morgan fingerprint density at radius 2 is 1.70 bits per heavy atom. The quantitative estimate of drug-likeness (QED) is 0.905. The Labute approximate surface area is 118 Å². The molecule has 3 rings (SSSR count). The van der Waals surface area contributed by atoms with Crippen LogP contribution in [0.5, 0.6) is 0 Å². The van der Waals surface area contributed by atoms with Crippen LogP contribution in [-0.2, 0) is 4.74 Å². The zero-order valence-electron chi connectivity index (χ0n) is 11.3. The van der Waals surface area contributed by atoms with Crippen LogP contribution in [0.2, 0.25) is 0 Å². The molecule has 0 spiro atoms. The van der Waals surface area contributed by atoms with E-state index in [1.54, 1.807) is 0 Å². The van der Waals surface area contributed by atoms with E-state index in [0.717, 1.165) is 5.56 Å². The molecular weight excluding hydrogens is 248 g/mol. The maximum absolute atomic E-state index is 8.83. The third-order valence-corrected chi connectivity index (χ3v) is 3.62. The molecule has 0 amide bonds. The second kappa shape index (κ2) is 5.46. The first-order valence-corrected chi connectivity index (χ1v) is 6.74. The molecule has 0 radical (unpaired) electrons. The van der Waals surface area contributed by atoms with E-state index >= 15 is 0 Å². The van der Waals surface area contributed by atoms with Crippen molar-refractivity contribution in [3.05, 3.63) is 71.3 Å². The molecule has 0 bridgehead atoms. The van der Waals surface area contributed by atoms with Gasteiger partial charge in [-0.2, -0.15) is 5.26 Å². The summed E-state index contributed by atoms with van der Waals surface area (Å²) >= 11 is 0. The van der Waals surface area contributed by atoms with Crippen LogP contribution in [0.4, 0.5) is 0 Å². The van der Waals surface area contributed by atoms with Gasteiger partial charge < -0.3 is 4.74 Å². The molecule has 1 fully saturated rings. The molecule has 1 heterocycles. The summed E-state index contributed by atoms with van der Waals surface area (Å²) in [7, 11) is 0. The summed E-state index contributed by atoms with van der Waals surface area (Å²) in [6, 6.07) is 20.1. The number of benzene rings is 2. The smallest absolute Gasteiger partial charge is 0.135 e. The average molecular weight is 264 g/mol. The van der Waals surface area contributed by atoms with Gasteiger partial charge in [-0.3, -0.25) is 5.32 Å². The number of nitrogens with one attached hydrogen (secondary N) is 1. The molecule has 3 unspecified atom stereocenters. The predicted molar refractivity (Wildman–Crippen MR) is 76.8 cm³/mol. The SMILES string of the molecule is CC1NC(c2ccc(C#N)cc2)OC1c1ccccc1. The lowest BCUT2D eigenvalue weighted by Crippen LogP contribution is -2.23. The number of ether oxygens (including phenoxy) is 1. The van der Waals surface area contributed by atoms with E-state index in [4.69, 9.17) is 10.00 Å². The minimum atomic E-state index is -0.122. The Balaban J connectivity index is 1.79. The van der Waals surface area contributed by atoms with Gasteiger partial charge in [0.2, 0.25) is 0 Å². The van der Waals surface area contributed by atoms with Gasteiger partial charge >= 0.3 is 0 Å². The van der Waals surface area contributed by atoms with Gasteiger partial charge in [-0.15, -0.1) is 0 Å². The lowest BCUT2D eigenvalue weighted by Gasteiger charge is -2.14. The van der Waals surface area contributed by atoms with Crippen molar-refractivity contribution in [3.63, 3.8) is 0 Å².